The zero-order valence-corrected chi connectivity index (χ0v) is 12.3. The number of fused-ring (bicyclic) bond motifs is 1. The standard InChI is InChI=1S/C16H22N2O3/c1-11(16(20)21)5-4-8-17-15(19)14-9-12-6-2-3-7-13(12)10-18-14/h2-3,6-7,11,14,18H,4-5,8-10H2,1H3,(H,17,19)(H,20,21)/t11?,14-/m1/s1. The molecule has 5 heteroatoms. The lowest BCUT2D eigenvalue weighted by Gasteiger charge is -2.25. The van der Waals surface area contributed by atoms with E-state index in [0.29, 0.717) is 32.4 Å². The van der Waals surface area contributed by atoms with Gasteiger partial charge < -0.3 is 15.7 Å². The molecule has 1 heterocycles. The van der Waals surface area contributed by atoms with Gasteiger partial charge in [-0.25, -0.2) is 0 Å². The Morgan fingerprint density at radius 3 is 2.81 bits per heavy atom. The molecule has 1 unspecified atom stereocenters. The summed E-state index contributed by atoms with van der Waals surface area (Å²) in [5, 5.41) is 14.9. The van der Waals surface area contributed by atoms with Gasteiger partial charge in [-0.1, -0.05) is 31.2 Å². The van der Waals surface area contributed by atoms with Crippen molar-refractivity contribution in [1.29, 1.82) is 0 Å². The van der Waals surface area contributed by atoms with Gasteiger partial charge in [0.1, 0.15) is 0 Å². The zero-order chi connectivity index (χ0) is 15.2. The molecular formula is C16H22N2O3. The van der Waals surface area contributed by atoms with Gasteiger partial charge in [0.2, 0.25) is 5.91 Å². The predicted molar refractivity (Wildman–Crippen MR) is 79.8 cm³/mol. The number of hydrogen-bond acceptors (Lipinski definition) is 3. The normalized spacial score (nSPS) is 18.6. The van der Waals surface area contributed by atoms with E-state index in [4.69, 9.17) is 5.11 Å². The lowest BCUT2D eigenvalue weighted by Crippen LogP contribution is -2.47. The molecule has 0 aromatic heterocycles. The molecule has 0 fully saturated rings. The van der Waals surface area contributed by atoms with E-state index in [1.165, 1.54) is 11.1 Å². The molecule has 3 N–H and O–H groups in total. The minimum absolute atomic E-state index is 0.00696. The first-order valence-corrected chi connectivity index (χ1v) is 7.38. The molecule has 0 bridgehead atoms. The number of nitrogens with one attached hydrogen (secondary N) is 2. The van der Waals surface area contributed by atoms with Crippen LogP contribution in [0, 0.1) is 5.92 Å². The number of carbonyl (C=O) groups excluding carboxylic acids is 1. The average molecular weight is 290 g/mol. The first kappa shape index (κ1) is 15.5. The van der Waals surface area contributed by atoms with Crippen LogP contribution in [0.1, 0.15) is 30.9 Å². The van der Waals surface area contributed by atoms with Crippen LogP contribution in [-0.2, 0) is 22.6 Å². The van der Waals surface area contributed by atoms with E-state index in [2.05, 4.69) is 22.8 Å². The molecule has 2 atom stereocenters. The molecule has 1 aromatic carbocycles. The molecule has 114 valence electrons. The van der Waals surface area contributed by atoms with Crippen molar-refractivity contribution >= 4 is 11.9 Å². The summed E-state index contributed by atoms with van der Waals surface area (Å²) in [6.45, 7) is 2.92. The van der Waals surface area contributed by atoms with Crippen LogP contribution in [0.15, 0.2) is 24.3 Å². The highest BCUT2D eigenvalue weighted by molar-refractivity contribution is 5.82. The summed E-state index contributed by atoms with van der Waals surface area (Å²) in [6.07, 6.45) is 1.96. The molecule has 5 nitrogen and oxygen atoms in total. The molecule has 1 aliphatic heterocycles. The smallest absolute Gasteiger partial charge is 0.306 e. The maximum atomic E-state index is 12.1. The molecule has 0 saturated carbocycles. The Balaban J connectivity index is 1.74. The average Bonchev–Trinajstić information content (AvgIpc) is 2.50. The third-order valence-corrected chi connectivity index (χ3v) is 3.93. The third kappa shape index (κ3) is 4.29. The number of carbonyl (C=O) groups is 2. The first-order chi connectivity index (χ1) is 10.1. The van der Waals surface area contributed by atoms with E-state index >= 15 is 0 Å². The van der Waals surface area contributed by atoms with Crippen LogP contribution in [0.2, 0.25) is 0 Å². The van der Waals surface area contributed by atoms with Gasteiger partial charge in [0.05, 0.1) is 12.0 Å². The Labute approximate surface area is 124 Å². The van der Waals surface area contributed by atoms with E-state index in [-0.39, 0.29) is 17.9 Å². The molecule has 0 aliphatic carbocycles. The highest BCUT2D eigenvalue weighted by atomic mass is 16.4. The van der Waals surface area contributed by atoms with E-state index < -0.39 is 5.97 Å². The summed E-state index contributed by atoms with van der Waals surface area (Å²) >= 11 is 0. The Morgan fingerprint density at radius 2 is 2.10 bits per heavy atom. The summed E-state index contributed by atoms with van der Waals surface area (Å²) in [6, 6.07) is 7.93. The van der Waals surface area contributed by atoms with Crippen molar-refractivity contribution in [3.8, 4) is 0 Å². The summed E-state index contributed by atoms with van der Waals surface area (Å²) in [5.74, 6) is -1.15. The molecule has 2 rings (SSSR count). The fraction of sp³-hybridized carbons (Fsp3) is 0.500. The van der Waals surface area contributed by atoms with E-state index in [1.54, 1.807) is 6.92 Å². The minimum Gasteiger partial charge on any atom is -0.481 e. The van der Waals surface area contributed by atoms with Crippen LogP contribution in [0.5, 0.6) is 0 Å². The van der Waals surface area contributed by atoms with Gasteiger partial charge in [-0.2, -0.15) is 0 Å². The fourth-order valence-electron chi connectivity index (χ4n) is 2.51. The maximum Gasteiger partial charge on any atom is 0.306 e. The van der Waals surface area contributed by atoms with Crippen molar-refractivity contribution in [1.82, 2.24) is 10.6 Å². The van der Waals surface area contributed by atoms with Gasteiger partial charge in [0, 0.05) is 13.1 Å². The van der Waals surface area contributed by atoms with Crippen LogP contribution in [0.25, 0.3) is 0 Å². The summed E-state index contributed by atoms with van der Waals surface area (Å²) in [5.41, 5.74) is 2.47. The van der Waals surface area contributed by atoms with Crippen molar-refractivity contribution in [2.75, 3.05) is 6.54 Å². The van der Waals surface area contributed by atoms with Gasteiger partial charge in [0.25, 0.3) is 0 Å². The second kappa shape index (κ2) is 7.22. The Morgan fingerprint density at radius 1 is 1.38 bits per heavy atom. The highest BCUT2D eigenvalue weighted by Crippen LogP contribution is 2.16. The second-order valence-corrected chi connectivity index (χ2v) is 5.58. The Hall–Kier alpha value is -1.88. The first-order valence-electron chi connectivity index (χ1n) is 7.38. The van der Waals surface area contributed by atoms with Gasteiger partial charge >= 0.3 is 5.97 Å². The molecule has 1 aromatic rings. The van der Waals surface area contributed by atoms with Gasteiger partial charge in [-0.15, -0.1) is 0 Å². The molecule has 0 radical (unpaired) electrons. The lowest BCUT2D eigenvalue weighted by molar-refractivity contribution is -0.141. The van der Waals surface area contributed by atoms with Crippen LogP contribution >= 0.6 is 0 Å². The molecule has 0 saturated heterocycles. The van der Waals surface area contributed by atoms with Crippen LogP contribution in [0.3, 0.4) is 0 Å². The maximum absolute atomic E-state index is 12.1. The number of hydrogen-bond donors (Lipinski definition) is 3. The lowest BCUT2D eigenvalue weighted by atomic mass is 9.95. The topological polar surface area (TPSA) is 78.4 Å². The third-order valence-electron chi connectivity index (χ3n) is 3.93. The van der Waals surface area contributed by atoms with Crippen LogP contribution in [0.4, 0.5) is 0 Å². The quantitative estimate of drug-likeness (QED) is 0.690. The van der Waals surface area contributed by atoms with Crippen molar-refractivity contribution < 1.29 is 14.7 Å². The largest absolute Gasteiger partial charge is 0.481 e. The molecule has 0 spiro atoms. The minimum atomic E-state index is -0.785. The predicted octanol–water partition coefficient (Wildman–Crippen LogP) is 1.32. The van der Waals surface area contributed by atoms with Crippen LogP contribution < -0.4 is 10.6 Å². The number of carboxylic acid groups (broad SMARTS) is 1. The second-order valence-electron chi connectivity index (χ2n) is 5.58. The number of rotatable bonds is 6. The Kier molecular flexibility index (Phi) is 5.33. The number of benzene rings is 1. The van der Waals surface area contributed by atoms with Crippen molar-refractivity contribution in [2.45, 2.75) is 38.8 Å². The van der Waals surface area contributed by atoms with Crippen molar-refractivity contribution in [2.24, 2.45) is 5.92 Å². The monoisotopic (exact) mass is 290 g/mol. The number of carboxylic acids is 1. The van der Waals surface area contributed by atoms with Gasteiger partial charge in [-0.3, -0.25) is 9.59 Å². The number of amides is 1. The molecule has 1 amide bonds. The van der Waals surface area contributed by atoms with Gasteiger partial charge in [-0.05, 0) is 30.4 Å². The molecular weight excluding hydrogens is 268 g/mol. The van der Waals surface area contributed by atoms with Crippen LogP contribution in [-0.4, -0.2) is 29.6 Å². The molecule has 1 aliphatic rings. The SMILES string of the molecule is CC(CCCNC(=O)[C@H]1Cc2ccccc2CN1)C(=O)O. The summed E-state index contributed by atoms with van der Waals surface area (Å²) in [4.78, 5) is 22.8. The van der Waals surface area contributed by atoms with Crippen molar-refractivity contribution in [3.05, 3.63) is 35.4 Å². The van der Waals surface area contributed by atoms with E-state index in [0.717, 1.165) is 0 Å². The summed E-state index contributed by atoms with van der Waals surface area (Å²) < 4.78 is 0. The zero-order valence-electron chi connectivity index (χ0n) is 12.3. The van der Waals surface area contributed by atoms with Crippen molar-refractivity contribution in [3.63, 3.8) is 0 Å². The Bertz CT molecular complexity index is 516. The highest BCUT2D eigenvalue weighted by Gasteiger charge is 2.23. The van der Waals surface area contributed by atoms with Gasteiger partial charge in [0.15, 0.2) is 0 Å². The van der Waals surface area contributed by atoms with E-state index in [9.17, 15) is 9.59 Å². The number of aliphatic carboxylic acids is 1. The molecule has 21 heavy (non-hydrogen) atoms. The fourth-order valence-corrected chi connectivity index (χ4v) is 2.51. The summed E-state index contributed by atoms with van der Waals surface area (Å²) in [7, 11) is 0. The van der Waals surface area contributed by atoms with E-state index in [1.807, 2.05) is 12.1 Å².